The van der Waals surface area contributed by atoms with Gasteiger partial charge in [0.25, 0.3) is 0 Å². The second-order valence-electron chi connectivity index (χ2n) is 13.7. The van der Waals surface area contributed by atoms with Crippen LogP contribution in [-0.4, -0.2) is 9.97 Å². The Morgan fingerprint density at radius 2 is 1.09 bits per heavy atom. The molecule has 3 heterocycles. The first kappa shape index (κ1) is 30.7. The van der Waals surface area contributed by atoms with E-state index in [4.69, 9.17) is 9.40 Å². The summed E-state index contributed by atoms with van der Waals surface area (Å²) in [7, 11) is 0. The van der Waals surface area contributed by atoms with Crippen LogP contribution < -0.4 is 0 Å². The van der Waals surface area contributed by atoms with E-state index in [-0.39, 0.29) is 0 Å². The molecule has 252 valence electrons. The third-order valence-electron chi connectivity index (χ3n) is 10.6. The second-order valence-corrected chi connectivity index (χ2v) is 14.7. The lowest BCUT2D eigenvalue weighted by atomic mass is 9.84. The molecule has 8 aromatic carbocycles. The minimum Gasteiger partial charge on any atom is -0.436 e. The normalized spacial score (nSPS) is 11.7. The Bertz CT molecular complexity index is 3200. The Kier molecular flexibility index (Phi) is 7.04. The van der Waals surface area contributed by atoms with Gasteiger partial charge in [-0.2, -0.15) is 0 Å². The van der Waals surface area contributed by atoms with Gasteiger partial charge in [-0.25, -0.2) is 9.97 Å². The Morgan fingerprint density at radius 3 is 1.89 bits per heavy atom. The zero-order valence-electron chi connectivity index (χ0n) is 29.0. The highest BCUT2D eigenvalue weighted by Crippen LogP contribution is 2.50. The van der Waals surface area contributed by atoms with Crippen LogP contribution in [0.3, 0.4) is 0 Å². The first-order valence-electron chi connectivity index (χ1n) is 18.1. The molecule has 0 amide bonds. The monoisotopic (exact) mass is 706 g/mol. The van der Waals surface area contributed by atoms with Gasteiger partial charge in [0, 0.05) is 43.5 Å². The van der Waals surface area contributed by atoms with Crippen molar-refractivity contribution in [3.63, 3.8) is 0 Å². The maximum absolute atomic E-state index is 6.29. The van der Waals surface area contributed by atoms with Crippen LogP contribution in [0.15, 0.2) is 187 Å². The number of fused-ring (bicyclic) bond motifs is 8. The topological polar surface area (TPSA) is 38.9 Å². The van der Waals surface area contributed by atoms with Crippen LogP contribution in [0.2, 0.25) is 0 Å². The van der Waals surface area contributed by atoms with E-state index in [1.54, 1.807) is 12.4 Å². The fourth-order valence-corrected chi connectivity index (χ4v) is 9.36. The molecule has 0 bridgehead atoms. The van der Waals surface area contributed by atoms with Gasteiger partial charge in [0.2, 0.25) is 5.71 Å². The van der Waals surface area contributed by atoms with Gasteiger partial charge in [-0.1, -0.05) is 140 Å². The highest BCUT2D eigenvalue weighted by atomic mass is 32.1. The van der Waals surface area contributed by atoms with E-state index in [0.29, 0.717) is 5.71 Å². The van der Waals surface area contributed by atoms with Crippen molar-refractivity contribution in [3.05, 3.63) is 182 Å². The Labute approximate surface area is 315 Å². The van der Waals surface area contributed by atoms with Crippen molar-refractivity contribution in [2.45, 2.75) is 0 Å². The molecule has 0 saturated heterocycles. The van der Waals surface area contributed by atoms with Crippen LogP contribution in [0.25, 0.3) is 109 Å². The molecule has 0 aliphatic carbocycles. The van der Waals surface area contributed by atoms with Crippen LogP contribution in [0.5, 0.6) is 0 Å². The van der Waals surface area contributed by atoms with E-state index in [1.807, 2.05) is 17.4 Å². The van der Waals surface area contributed by atoms with Crippen LogP contribution in [0.1, 0.15) is 0 Å². The predicted molar refractivity (Wildman–Crippen MR) is 227 cm³/mol. The summed E-state index contributed by atoms with van der Waals surface area (Å²) in [4.78, 5) is 9.32. The molecular formula is C50H30N2OS. The lowest BCUT2D eigenvalue weighted by molar-refractivity contribution is 0.653. The minimum atomic E-state index is 0.547. The van der Waals surface area contributed by atoms with Crippen molar-refractivity contribution in [3.8, 4) is 55.6 Å². The summed E-state index contributed by atoms with van der Waals surface area (Å²) in [6.45, 7) is 0. The predicted octanol–water partition coefficient (Wildman–Crippen LogP) is 14.2. The minimum absolute atomic E-state index is 0.547. The fraction of sp³-hybridized carbons (Fsp3) is 0. The summed E-state index contributed by atoms with van der Waals surface area (Å²) in [5, 5.41) is 5.75. The number of thiophene rings is 1. The van der Waals surface area contributed by atoms with Crippen molar-refractivity contribution in [2.75, 3.05) is 0 Å². The van der Waals surface area contributed by atoms with Gasteiger partial charge in [-0.05, 0) is 85.8 Å². The molecule has 3 aromatic heterocycles. The van der Waals surface area contributed by atoms with Crippen LogP contribution in [0.4, 0.5) is 0 Å². The van der Waals surface area contributed by atoms with E-state index in [1.165, 1.54) is 64.7 Å². The summed E-state index contributed by atoms with van der Waals surface area (Å²) in [6, 6.07) is 61.5. The van der Waals surface area contributed by atoms with Crippen LogP contribution >= 0.6 is 11.3 Å². The summed E-state index contributed by atoms with van der Waals surface area (Å²) in [6.07, 6.45) is 3.44. The van der Waals surface area contributed by atoms with Gasteiger partial charge < -0.3 is 4.42 Å². The molecule has 0 aliphatic heterocycles. The van der Waals surface area contributed by atoms with Crippen molar-refractivity contribution in [1.82, 2.24) is 9.97 Å². The number of benzene rings is 8. The second kappa shape index (κ2) is 12.4. The third-order valence-corrected chi connectivity index (χ3v) is 11.8. The third kappa shape index (κ3) is 4.88. The molecule has 54 heavy (non-hydrogen) atoms. The van der Waals surface area contributed by atoms with Gasteiger partial charge in [0.15, 0.2) is 0 Å². The van der Waals surface area contributed by atoms with Crippen molar-refractivity contribution in [1.29, 1.82) is 0 Å². The summed E-state index contributed by atoms with van der Waals surface area (Å²) < 4.78 is 8.82. The average molecular weight is 707 g/mol. The van der Waals surface area contributed by atoms with Crippen molar-refractivity contribution < 1.29 is 4.42 Å². The molecule has 3 nitrogen and oxygen atoms in total. The SMILES string of the molecule is c1ccc(-c2ccc3sc4c(-c5c(-c6ccccc6)cccc5-c5cccc6ccc7oc8nccnc8c7c56)cc(-c5ccccc5)cc4c3c2)cc1. The molecule has 0 unspecified atom stereocenters. The average Bonchev–Trinajstić information content (AvgIpc) is 3.82. The van der Waals surface area contributed by atoms with E-state index >= 15 is 0 Å². The summed E-state index contributed by atoms with van der Waals surface area (Å²) in [5.74, 6) is 0. The molecule has 11 aromatic rings. The number of nitrogens with zero attached hydrogens (tertiary/aromatic N) is 2. The highest BCUT2D eigenvalue weighted by Gasteiger charge is 2.23. The summed E-state index contributed by atoms with van der Waals surface area (Å²) in [5.41, 5.74) is 14.0. The van der Waals surface area contributed by atoms with Crippen LogP contribution in [0, 0.1) is 0 Å². The number of hydrogen-bond acceptors (Lipinski definition) is 4. The van der Waals surface area contributed by atoms with Gasteiger partial charge in [-0.15, -0.1) is 11.3 Å². The van der Waals surface area contributed by atoms with Crippen molar-refractivity contribution >= 4 is 64.5 Å². The molecule has 4 heteroatoms. The fourth-order valence-electron chi connectivity index (χ4n) is 8.18. The zero-order valence-corrected chi connectivity index (χ0v) is 29.8. The lowest BCUT2D eigenvalue weighted by Gasteiger charge is -2.19. The van der Waals surface area contributed by atoms with E-state index in [0.717, 1.165) is 38.4 Å². The van der Waals surface area contributed by atoms with Crippen molar-refractivity contribution in [2.24, 2.45) is 0 Å². The highest BCUT2D eigenvalue weighted by molar-refractivity contribution is 7.26. The molecule has 0 atom stereocenters. The molecule has 0 fully saturated rings. The first-order chi connectivity index (χ1) is 26.8. The lowest BCUT2D eigenvalue weighted by Crippen LogP contribution is -1.93. The Balaban J connectivity index is 1.28. The van der Waals surface area contributed by atoms with E-state index in [2.05, 4.69) is 169 Å². The molecule has 0 saturated carbocycles. The molecule has 0 aliphatic rings. The van der Waals surface area contributed by atoms with Gasteiger partial charge >= 0.3 is 0 Å². The standard InChI is InChI=1S/C50H30N2OS/c1-4-12-31(13-5-1)35-23-25-44-40(28-35)41-29-36(32-14-6-2-7-15-32)30-42(49(41)54-44)46-37(33-16-8-3-9-17-33)19-11-21-39(46)38-20-10-18-34-22-24-43-47(45(34)38)48-50(53-43)52-27-26-51-48/h1-30H. The quantitative estimate of drug-likeness (QED) is 0.179. The molecule has 0 radical (unpaired) electrons. The largest absolute Gasteiger partial charge is 0.436 e. The maximum Gasteiger partial charge on any atom is 0.246 e. The molecule has 0 N–H and O–H groups in total. The maximum atomic E-state index is 6.29. The zero-order chi connectivity index (χ0) is 35.6. The molecule has 0 spiro atoms. The Morgan fingerprint density at radius 1 is 0.426 bits per heavy atom. The molecule has 11 rings (SSSR count). The number of hydrogen-bond donors (Lipinski definition) is 0. The van der Waals surface area contributed by atoms with E-state index in [9.17, 15) is 0 Å². The number of rotatable bonds is 5. The summed E-state index contributed by atoms with van der Waals surface area (Å²) >= 11 is 1.87. The van der Waals surface area contributed by atoms with Gasteiger partial charge in [0.05, 0.1) is 5.39 Å². The van der Waals surface area contributed by atoms with Gasteiger partial charge in [-0.3, -0.25) is 0 Å². The van der Waals surface area contributed by atoms with Crippen LogP contribution in [-0.2, 0) is 0 Å². The van der Waals surface area contributed by atoms with E-state index < -0.39 is 0 Å². The number of furan rings is 1. The molecular weight excluding hydrogens is 677 g/mol. The number of aromatic nitrogens is 2. The Hall–Kier alpha value is -6.88. The van der Waals surface area contributed by atoms with Gasteiger partial charge in [0.1, 0.15) is 11.1 Å². The smallest absolute Gasteiger partial charge is 0.246 e. The first-order valence-corrected chi connectivity index (χ1v) is 19.0.